The zero-order chi connectivity index (χ0) is 26.9. The average molecular weight is 535 g/mol. The molecule has 1 aliphatic rings. The Balaban J connectivity index is 1.53. The van der Waals surface area contributed by atoms with E-state index < -0.39 is 0 Å². The van der Waals surface area contributed by atoms with Gasteiger partial charge in [-0.1, -0.05) is 38.8 Å². The number of hydrogen-bond donors (Lipinski definition) is 0. The molecule has 1 atom stereocenters. The average Bonchev–Trinajstić information content (AvgIpc) is 3.44. The Kier molecular flexibility index (Phi) is 9.82. The molecule has 2 aromatic carbocycles. The summed E-state index contributed by atoms with van der Waals surface area (Å²) in [6, 6.07) is 17.1. The first kappa shape index (κ1) is 27.7. The topological polar surface area (TPSA) is 59.1 Å². The summed E-state index contributed by atoms with van der Waals surface area (Å²) in [6.07, 6.45) is 4.68. The van der Waals surface area contributed by atoms with E-state index in [1.165, 1.54) is 10.4 Å². The lowest BCUT2D eigenvalue weighted by molar-refractivity contribution is -0.134. The van der Waals surface area contributed by atoms with Crippen LogP contribution >= 0.6 is 11.3 Å². The molecular weight excluding hydrogens is 496 g/mol. The number of thiophene rings is 1. The van der Waals surface area contributed by atoms with E-state index in [4.69, 9.17) is 9.47 Å². The lowest BCUT2D eigenvalue weighted by atomic mass is 9.93. The molecule has 2 heterocycles. The summed E-state index contributed by atoms with van der Waals surface area (Å²) in [6.45, 7) is 6.11. The quantitative estimate of drug-likeness (QED) is 0.254. The first-order valence-electron chi connectivity index (χ1n) is 13.6. The van der Waals surface area contributed by atoms with Gasteiger partial charge in [0.2, 0.25) is 5.91 Å². The Morgan fingerprint density at radius 1 is 0.974 bits per heavy atom. The zero-order valence-electron chi connectivity index (χ0n) is 22.7. The predicted molar refractivity (Wildman–Crippen MR) is 152 cm³/mol. The molecule has 0 saturated carbocycles. The van der Waals surface area contributed by atoms with Crippen molar-refractivity contribution in [2.24, 2.45) is 0 Å². The van der Waals surface area contributed by atoms with Gasteiger partial charge in [0, 0.05) is 23.5 Å². The van der Waals surface area contributed by atoms with Crippen LogP contribution in [0.25, 0.3) is 0 Å². The van der Waals surface area contributed by atoms with Crippen molar-refractivity contribution in [1.29, 1.82) is 0 Å². The Labute approximate surface area is 230 Å². The molecule has 1 aliphatic heterocycles. The molecule has 0 fully saturated rings. The van der Waals surface area contributed by atoms with Crippen LogP contribution in [0.15, 0.2) is 60.0 Å². The van der Waals surface area contributed by atoms with Gasteiger partial charge in [-0.15, -0.1) is 11.3 Å². The van der Waals surface area contributed by atoms with Crippen molar-refractivity contribution < 1.29 is 19.1 Å². The third-order valence-corrected chi connectivity index (χ3v) is 7.98. The van der Waals surface area contributed by atoms with E-state index >= 15 is 0 Å². The van der Waals surface area contributed by atoms with Gasteiger partial charge >= 0.3 is 0 Å². The molecule has 0 saturated heterocycles. The minimum atomic E-state index is -0.175. The van der Waals surface area contributed by atoms with E-state index in [1.54, 1.807) is 35.5 Å². The molecule has 4 rings (SSSR count). The number of fused-ring (bicyclic) bond motifs is 1. The minimum Gasteiger partial charge on any atom is -0.497 e. The standard InChI is InChI=1S/C31H38N2O4S/c1-4-6-18-32(31(35)24-10-14-26(15-11-24)37-20-7-5-2)22-29(34)33-19-16-28-27(17-21-38-28)30(33)23-8-12-25(36-3)13-9-23/h8-15,17,21,30H,4-7,16,18-20,22H2,1-3H3. The minimum absolute atomic E-state index is 0.0355. The fourth-order valence-corrected chi connectivity index (χ4v) is 5.70. The summed E-state index contributed by atoms with van der Waals surface area (Å²) < 4.78 is 11.1. The van der Waals surface area contributed by atoms with Crippen LogP contribution in [0.5, 0.6) is 11.5 Å². The van der Waals surface area contributed by atoms with E-state index in [0.717, 1.165) is 49.2 Å². The molecular formula is C31H38N2O4S. The number of rotatable bonds is 12. The number of amides is 2. The maximum absolute atomic E-state index is 13.8. The summed E-state index contributed by atoms with van der Waals surface area (Å²) in [7, 11) is 1.65. The molecule has 0 N–H and O–H groups in total. The summed E-state index contributed by atoms with van der Waals surface area (Å²) >= 11 is 1.74. The third kappa shape index (κ3) is 6.57. The second kappa shape index (κ2) is 13.5. The fourth-order valence-electron chi connectivity index (χ4n) is 4.80. The van der Waals surface area contributed by atoms with Crippen LogP contribution in [0, 0.1) is 0 Å². The number of benzene rings is 2. The molecule has 2 amide bonds. The van der Waals surface area contributed by atoms with Crippen LogP contribution in [-0.4, -0.2) is 55.0 Å². The van der Waals surface area contributed by atoms with Gasteiger partial charge in [0.25, 0.3) is 5.91 Å². The molecule has 0 radical (unpaired) electrons. The van der Waals surface area contributed by atoms with E-state index in [-0.39, 0.29) is 24.4 Å². The Morgan fingerprint density at radius 3 is 2.37 bits per heavy atom. The summed E-state index contributed by atoms with van der Waals surface area (Å²) in [5.41, 5.74) is 2.79. The van der Waals surface area contributed by atoms with Gasteiger partial charge in [-0.2, -0.15) is 0 Å². The normalized spacial score (nSPS) is 14.6. The number of methoxy groups -OCH3 is 1. The first-order chi connectivity index (χ1) is 18.5. The number of carbonyl (C=O) groups excluding carboxylic acids is 2. The number of nitrogens with zero attached hydrogens (tertiary/aromatic N) is 2. The van der Waals surface area contributed by atoms with Crippen molar-refractivity contribution in [2.45, 2.75) is 52.0 Å². The highest BCUT2D eigenvalue weighted by Gasteiger charge is 2.34. The molecule has 38 heavy (non-hydrogen) atoms. The Morgan fingerprint density at radius 2 is 1.68 bits per heavy atom. The van der Waals surface area contributed by atoms with Gasteiger partial charge in [0.05, 0.1) is 19.8 Å². The monoisotopic (exact) mass is 534 g/mol. The number of ether oxygens (including phenoxy) is 2. The highest BCUT2D eigenvalue weighted by molar-refractivity contribution is 7.10. The summed E-state index contributed by atoms with van der Waals surface area (Å²) in [4.78, 5) is 32.3. The largest absolute Gasteiger partial charge is 0.497 e. The lowest BCUT2D eigenvalue weighted by Crippen LogP contribution is -2.47. The Bertz CT molecular complexity index is 1190. The summed E-state index contributed by atoms with van der Waals surface area (Å²) in [5.74, 6) is 1.38. The number of hydrogen-bond acceptors (Lipinski definition) is 5. The van der Waals surface area contributed by atoms with Gasteiger partial charge < -0.3 is 19.3 Å². The third-order valence-electron chi connectivity index (χ3n) is 6.98. The molecule has 0 spiro atoms. The van der Waals surface area contributed by atoms with Crippen molar-refractivity contribution in [3.8, 4) is 11.5 Å². The van der Waals surface area contributed by atoms with Crippen LogP contribution in [0.1, 0.15) is 71.9 Å². The van der Waals surface area contributed by atoms with E-state index in [9.17, 15) is 9.59 Å². The van der Waals surface area contributed by atoms with Gasteiger partial charge in [0.15, 0.2) is 0 Å². The van der Waals surface area contributed by atoms with E-state index in [1.807, 2.05) is 41.3 Å². The smallest absolute Gasteiger partial charge is 0.254 e. The summed E-state index contributed by atoms with van der Waals surface area (Å²) in [5, 5.41) is 2.10. The van der Waals surface area contributed by atoms with Crippen LogP contribution in [0.4, 0.5) is 0 Å². The Hall–Kier alpha value is -3.32. The zero-order valence-corrected chi connectivity index (χ0v) is 23.5. The molecule has 0 bridgehead atoms. The van der Waals surface area contributed by atoms with Crippen LogP contribution in [0.2, 0.25) is 0 Å². The molecule has 3 aromatic rings. The maximum Gasteiger partial charge on any atom is 0.254 e. The van der Waals surface area contributed by atoms with E-state index in [2.05, 4.69) is 25.3 Å². The lowest BCUT2D eigenvalue weighted by Gasteiger charge is -2.37. The van der Waals surface area contributed by atoms with Gasteiger partial charge in [-0.25, -0.2) is 0 Å². The molecule has 7 heteroatoms. The van der Waals surface area contributed by atoms with Gasteiger partial charge in [-0.05, 0) is 78.2 Å². The van der Waals surface area contributed by atoms with Gasteiger partial charge in [-0.3, -0.25) is 9.59 Å². The number of carbonyl (C=O) groups is 2. The molecule has 1 unspecified atom stereocenters. The second-order valence-corrected chi connectivity index (χ2v) is 10.6. The maximum atomic E-state index is 13.8. The van der Waals surface area contributed by atoms with Crippen molar-refractivity contribution in [3.05, 3.63) is 81.5 Å². The molecule has 6 nitrogen and oxygen atoms in total. The van der Waals surface area contributed by atoms with Crippen LogP contribution in [-0.2, 0) is 11.2 Å². The molecule has 202 valence electrons. The second-order valence-electron chi connectivity index (χ2n) is 9.62. The molecule has 0 aliphatic carbocycles. The van der Waals surface area contributed by atoms with Crippen LogP contribution in [0.3, 0.4) is 0 Å². The van der Waals surface area contributed by atoms with E-state index in [0.29, 0.717) is 25.3 Å². The first-order valence-corrected chi connectivity index (χ1v) is 14.5. The van der Waals surface area contributed by atoms with Crippen molar-refractivity contribution >= 4 is 23.2 Å². The highest BCUT2D eigenvalue weighted by Crippen LogP contribution is 2.38. The molecule has 1 aromatic heterocycles. The highest BCUT2D eigenvalue weighted by atomic mass is 32.1. The van der Waals surface area contributed by atoms with Crippen molar-refractivity contribution in [1.82, 2.24) is 9.80 Å². The predicted octanol–water partition coefficient (Wildman–Crippen LogP) is 6.35. The number of unbranched alkanes of at least 4 members (excludes halogenated alkanes) is 2. The SMILES string of the molecule is CCCCOc1ccc(C(=O)N(CCCC)CC(=O)N2CCc3sccc3C2c2ccc(OC)cc2)cc1. The van der Waals surface area contributed by atoms with Gasteiger partial charge in [0.1, 0.15) is 18.0 Å². The van der Waals surface area contributed by atoms with Crippen LogP contribution < -0.4 is 9.47 Å². The fraction of sp³-hybridized carbons (Fsp3) is 0.419. The van der Waals surface area contributed by atoms with Crippen molar-refractivity contribution in [3.63, 3.8) is 0 Å². The van der Waals surface area contributed by atoms with Crippen molar-refractivity contribution in [2.75, 3.05) is 33.4 Å².